The summed E-state index contributed by atoms with van der Waals surface area (Å²) < 4.78 is 10.2. The molecule has 2 N–H and O–H groups in total. The number of methoxy groups -OCH3 is 2. The largest absolute Gasteiger partial charge is 0.497 e. The third-order valence-electron chi connectivity index (χ3n) is 2.21. The molecule has 0 radical (unpaired) electrons. The number of rotatable bonds is 4. The molecule has 0 bridgehead atoms. The van der Waals surface area contributed by atoms with Crippen molar-refractivity contribution in [1.29, 1.82) is 0 Å². The molecule has 1 amide bonds. The van der Waals surface area contributed by atoms with Gasteiger partial charge >= 0.3 is 0 Å². The van der Waals surface area contributed by atoms with Gasteiger partial charge in [-0.05, 0) is 26.0 Å². The van der Waals surface area contributed by atoms with Crippen LogP contribution < -0.4 is 14.8 Å². The molecule has 0 saturated carbocycles. The van der Waals surface area contributed by atoms with Crippen LogP contribution >= 0.6 is 0 Å². The lowest BCUT2D eigenvalue weighted by Gasteiger charge is -2.18. The van der Waals surface area contributed by atoms with Crippen molar-refractivity contribution in [2.75, 3.05) is 19.5 Å². The first-order valence-electron chi connectivity index (χ1n) is 5.14. The van der Waals surface area contributed by atoms with Crippen LogP contribution in [0.25, 0.3) is 0 Å². The van der Waals surface area contributed by atoms with E-state index < -0.39 is 11.5 Å². The molecule has 1 aromatic carbocycles. The summed E-state index contributed by atoms with van der Waals surface area (Å²) >= 11 is 0. The molecule has 1 aromatic rings. The SMILES string of the molecule is COc1ccc(OC)c(NC(=O)C(C)(C)O)c1. The molecule has 5 heteroatoms. The van der Waals surface area contributed by atoms with Crippen molar-refractivity contribution in [3.8, 4) is 11.5 Å². The molecule has 0 aliphatic rings. The van der Waals surface area contributed by atoms with Gasteiger partial charge in [-0.15, -0.1) is 0 Å². The summed E-state index contributed by atoms with van der Waals surface area (Å²) in [5.41, 5.74) is -0.993. The molecule has 0 saturated heterocycles. The van der Waals surface area contributed by atoms with Crippen molar-refractivity contribution in [1.82, 2.24) is 0 Å². The minimum Gasteiger partial charge on any atom is -0.497 e. The Labute approximate surface area is 100 Å². The first-order valence-corrected chi connectivity index (χ1v) is 5.14. The molecular formula is C12H17NO4. The van der Waals surface area contributed by atoms with Crippen LogP contribution in [-0.4, -0.2) is 30.8 Å². The van der Waals surface area contributed by atoms with Gasteiger partial charge < -0.3 is 19.9 Å². The number of carbonyl (C=O) groups is 1. The van der Waals surface area contributed by atoms with Crippen molar-refractivity contribution >= 4 is 11.6 Å². The Hall–Kier alpha value is -1.75. The maximum atomic E-state index is 11.6. The minimum absolute atomic E-state index is 0.457. The highest BCUT2D eigenvalue weighted by molar-refractivity contribution is 5.97. The fourth-order valence-corrected chi connectivity index (χ4v) is 1.19. The fraction of sp³-hybridized carbons (Fsp3) is 0.417. The zero-order valence-corrected chi connectivity index (χ0v) is 10.4. The lowest BCUT2D eigenvalue weighted by atomic mass is 10.1. The molecule has 0 aliphatic heterocycles. The Morgan fingerprint density at radius 3 is 2.41 bits per heavy atom. The van der Waals surface area contributed by atoms with E-state index >= 15 is 0 Å². The van der Waals surface area contributed by atoms with Gasteiger partial charge in [-0.2, -0.15) is 0 Å². The molecule has 0 heterocycles. The number of aliphatic hydroxyl groups is 1. The van der Waals surface area contributed by atoms with Crippen LogP contribution in [0.3, 0.4) is 0 Å². The number of hydrogen-bond acceptors (Lipinski definition) is 4. The summed E-state index contributed by atoms with van der Waals surface area (Å²) in [6.45, 7) is 2.82. The maximum absolute atomic E-state index is 11.6. The number of nitrogens with one attached hydrogen (secondary N) is 1. The van der Waals surface area contributed by atoms with E-state index in [2.05, 4.69) is 5.32 Å². The molecule has 0 fully saturated rings. The standard InChI is InChI=1S/C12H17NO4/c1-12(2,15)11(14)13-9-7-8(16-3)5-6-10(9)17-4/h5-7,15H,1-4H3,(H,13,14). The number of benzene rings is 1. The molecule has 0 atom stereocenters. The highest BCUT2D eigenvalue weighted by Crippen LogP contribution is 2.29. The van der Waals surface area contributed by atoms with E-state index in [-0.39, 0.29) is 0 Å². The highest BCUT2D eigenvalue weighted by atomic mass is 16.5. The normalized spacial score (nSPS) is 10.9. The van der Waals surface area contributed by atoms with Gasteiger partial charge in [0.15, 0.2) is 0 Å². The van der Waals surface area contributed by atoms with E-state index in [0.29, 0.717) is 17.2 Å². The van der Waals surface area contributed by atoms with Crippen molar-refractivity contribution < 1.29 is 19.4 Å². The molecule has 0 aliphatic carbocycles. The van der Waals surface area contributed by atoms with E-state index in [1.807, 2.05) is 0 Å². The Morgan fingerprint density at radius 1 is 1.29 bits per heavy atom. The number of amides is 1. The van der Waals surface area contributed by atoms with Crippen LogP contribution in [0.15, 0.2) is 18.2 Å². The second-order valence-corrected chi connectivity index (χ2v) is 4.08. The average Bonchev–Trinajstić information content (AvgIpc) is 2.27. The molecule has 17 heavy (non-hydrogen) atoms. The Bertz CT molecular complexity index is 409. The van der Waals surface area contributed by atoms with Crippen LogP contribution in [0.1, 0.15) is 13.8 Å². The molecule has 0 aromatic heterocycles. The Balaban J connectivity index is 2.99. The second kappa shape index (κ2) is 5.05. The summed E-state index contributed by atoms with van der Waals surface area (Å²) in [4.78, 5) is 11.6. The monoisotopic (exact) mass is 239 g/mol. The van der Waals surface area contributed by atoms with Gasteiger partial charge in [0, 0.05) is 6.07 Å². The van der Waals surface area contributed by atoms with Gasteiger partial charge in [-0.25, -0.2) is 0 Å². The lowest BCUT2D eigenvalue weighted by molar-refractivity contribution is -0.130. The van der Waals surface area contributed by atoms with Gasteiger partial charge in [-0.3, -0.25) is 4.79 Å². The number of hydrogen-bond donors (Lipinski definition) is 2. The van der Waals surface area contributed by atoms with Gasteiger partial charge in [0.05, 0.1) is 19.9 Å². The first kappa shape index (κ1) is 13.3. The zero-order chi connectivity index (χ0) is 13.1. The lowest BCUT2D eigenvalue weighted by Crippen LogP contribution is -2.36. The summed E-state index contributed by atoms with van der Waals surface area (Å²) in [7, 11) is 3.03. The number of anilines is 1. The fourth-order valence-electron chi connectivity index (χ4n) is 1.19. The molecule has 5 nitrogen and oxygen atoms in total. The van der Waals surface area contributed by atoms with E-state index in [1.54, 1.807) is 18.2 Å². The first-order chi connectivity index (χ1) is 7.88. The Kier molecular flexibility index (Phi) is 3.96. The van der Waals surface area contributed by atoms with Gasteiger partial charge in [0.1, 0.15) is 17.1 Å². The Morgan fingerprint density at radius 2 is 1.94 bits per heavy atom. The maximum Gasteiger partial charge on any atom is 0.255 e. The molecule has 0 spiro atoms. The molecule has 0 unspecified atom stereocenters. The highest BCUT2D eigenvalue weighted by Gasteiger charge is 2.24. The average molecular weight is 239 g/mol. The van der Waals surface area contributed by atoms with Crippen molar-refractivity contribution in [3.63, 3.8) is 0 Å². The van der Waals surface area contributed by atoms with E-state index in [0.717, 1.165) is 0 Å². The third kappa shape index (κ3) is 3.35. The zero-order valence-electron chi connectivity index (χ0n) is 10.4. The second-order valence-electron chi connectivity index (χ2n) is 4.08. The number of carbonyl (C=O) groups excluding carboxylic acids is 1. The topological polar surface area (TPSA) is 67.8 Å². The van der Waals surface area contributed by atoms with Gasteiger partial charge in [0.2, 0.25) is 0 Å². The molecule has 94 valence electrons. The van der Waals surface area contributed by atoms with E-state index in [1.165, 1.54) is 28.1 Å². The summed E-state index contributed by atoms with van der Waals surface area (Å²) in [6.07, 6.45) is 0. The predicted octanol–water partition coefficient (Wildman–Crippen LogP) is 1.41. The van der Waals surface area contributed by atoms with Crippen LogP contribution in [0.2, 0.25) is 0 Å². The van der Waals surface area contributed by atoms with Crippen LogP contribution in [-0.2, 0) is 4.79 Å². The predicted molar refractivity (Wildman–Crippen MR) is 64.5 cm³/mol. The van der Waals surface area contributed by atoms with Crippen molar-refractivity contribution in [2.45, 2.75) is 19.4 Å². The van der Waals surface area contributed by atoms with Gasteiger partial charge in [0.25, 0.3) is 5.91 Å². The van der Waals surface area contributed by atoms with Crippen LogP contribution in [0.5, 0.6) is 11.5 Å². The molecular weight excluding hydrogens is 222 g/mol. The quantitative estimate of drug-likeness (QED) is 0.833. The van der Waals surface area contributed by atoms with E-state index in [9.17, 15) is 9.90 Å². The number of ether oxygens (including phenoxy) is 2. The van der Waals surface area contributed by atoms with E-state index in [4.69, 9.17) is 9.47 Å². The molecule has 1 rings (SSSR count). The van der Waals surface area contributed by atoms with Crippen LogP contribution in [0.4, 0.5) is 5.69 Å². The summed E-state index contributed by atoms with van der Waals surface area (Å²) in [5, 5.41) is 12.1. The van der Waals surface area contributed by atoms with Crippen LogP contribution in [0, 0.1) is 0 Å². The smallest absolute Gasteiger partial charge is 0.255 e. The van der Waals surface area contributed by atoms with Gasteiger partial charge in [-0.1, -0.05) is 0 Å². The minimum atomic E-state index is -1.45. The third-order valence-corrected chi connectivity index (χ3v) is 2.21. The summed E-state index contributed by atoms with van der Waals surface area (Å²) in [6, 6.07) is 5.03. The summed E-state index contributed by atoms with van der Waals surface area (Å²) in [5.74, 6) is 0.587. The van der Waals surface area contributed by atoms with Crippen molar-refractivity contribution in [3.05, 3.63) is 18.2 Å². The van der Waals surface area contributed by atoms with Crippen molar-refractivity contribution in [2.24, 2.45) is 0 Å².